The summed E-state index contributed by atoms with van der Waals surface area (Å²) in [6.07, 6.45) is 0.113. The maximum absolute atomic E-state index is 13.7. The van der Waals surface area contributed by atoms with Crippen molar-refractivity contribution in [3.05, 3.63) is 23.8 Å². The van der Waals surface area contributed by atoms with Crippen LogP contribution in [0, 0.1) is 11.6 Å². The van der Waals surface area contributed by atoms with Gasteiger partial charge in [-0.05, 0) is 12.1 Å². The van der Waals surface area contributed by atoms with Gasteiger partial charge in [-0.15, -0.1) is 0 Å². The van der Waals surface area contributed by atoms with E-state index in [1.807, 2.05) is 0 Å². The fraction of sp³-hybridized carbons (Fsp3) is 0.273. The molecule has 1 heterocycles. The van der Waals surface area contributed by atoms with Crippen LogP contribution in [-0.4, -0.2) is 22.5 Å². The normalized spacial score (nSPS) is 10.8. The molecule has 3 N–H and O–H groups in total. The van der Waals surface area contributed by atoms with E-state index in [0.29, 0.717) is 0 Å². The largest absolute Gasteiger partial charge is 0.369 e. The number of aryl methyl sites for hydroxylation is 1. The predicted molar refractivity (Wildman–Crippen MR) is 62.7 cm³/mol. The molecule has 0 saturated heterocycles. The number of fused-ring (bicyclic) bond motifs is 1. The lowest BCUT2D eigenvalue weighted by molar-refractivity contribution is -0.120. The van der Waals surface area contributed by atoms with Gasteiger partial charge in [0.25, 0.3) is 0 Å². The second-order valence-corrected chi connectivity index (χ2v) is 3.77. The van der Waals surface area contributed by atoms with Gasteiger partial charge in [-0.2, -0.15) is 0 Å². The van der Waals surface area contributed by atoms with Crippen LogP contribution in [0.25, 0.3) is 11.0 Å². The number of anilines is 1. The number of benzene rings is 1. The van der Waals surface area contributed by atoms with Crippen LogP contribution in [0.2, 0.25) is 0 Å². The molecule has 18 heavy (non-hydrogen) atoms. The molecule has 2 aromatic rings. The summed E-state index contributed by atoms with van der Waals surface area (Å²) in [4.78, 5) is 15.1. The maximum atomic E-state index is 13.7. The third-order valence-electron chi connectivity index (χ3n) is 2.67. The van der Waals surface area contributed by atoms with Crippen molar-refractivity contribution in [2.45, 2.75) is 13.0 Å². The van der Waals surface area contributed by atoms with E-state index in [1.54, 1.807) is 0 Å². The van der Waals surface area contributed by atoms with Crippen molar-refractivity contribution in [2.24, 2.45) is 0 Å². The van der Waals surface area contributed by atoms with Crippen LogP contribution in [0.1, 0.15) is 6.42 Å². The number of nitrogens with two attached hydrogens (primary N) is 1. The van der Waals surface area contributed by atoms with Gasteiger partial charge < -0.3 is 15.6 Å². The highest BCUT2D eigenvalue weighted by Crippen LogP contribution is 2.23. The number of imidazole rings is 1. The number of nitrogen functional groups attached to an aromatic ring is 1. The van der Waals surface area contributed by atoms with Gasteiger partial charge in [0.05, 0.1) is 5.52 Å². The minimum atomic E-state index is -1.01. The molecule has 0 fully saturated rings. The van der Waals surface area contributed by atoms with Crippen molar-refractivity contribution in [3.8, 4) is 0 Å². The Balaban J connectivity index is 2.45. The van der Waals surface area contributed by atoms with Gasteiger partial charge in [0.15, 0.2) is 11.6 Å². The topological polar surface area (TPSA) is 72.9 Å². The molecule has 0 aliphatic carbocycles. The van der Waals surface area contributed by atoms with Crippen molar-refractivity contribution in [1.82, 2.24) is 14.9 Å². The standard InChI is InChI=1S/C11H12F2N4O/c1-15-8(18)4-5-17-10-7(16-11(17)14)3-2-6(12)9(10)13/h2-3H,4-5H2,1H3,(H2,14,16)(H,15,18). The average Bonchev–Trinajstić information content (AvgIpc) is 2.68. The second kappa shape index (κ2) is 4.59. The number of amides is 1. The Hall–Kier alpha value is -2.18. The smallest absolute Gasteiger partial charge is 0.221 e. The Labute approximate surface area is 102 Å². The zero-order valence-electron chi connectivity index (χ0n) is 9.70. The molecule has 0 bridgehead atoms. The molecular weight excluding hydrogens is 242 g/mol. The summed E-state index contributed by atoms with van der Waals surface area (Å²) in [5, 5.41) is 2.44. The first-order valence-electron chi connectivity index (χ1n) is 5.35. The molecule has 1 amide bonds. The van der Waals surface area contributed by atoms with E-state index in [4.69, 9.17) is 5.73 Å². The lowest BCUT2D eigenvalue weighted by Gasteiger charge is -2.06. The monoisotopic (exact) mass is 254 g/mol. The number of carbonyl (C=O) groups excluding carboxylic acids is 1. The number of aromatic nitrogens is 2. The van der Waals surface area contributed by atoms with Gasteiger partial charge in [0.2, 0.25) is 11.9 Å². The summed E-state index contributed by atoms with van der Waals surface area (Å²) in [6.45, 7) is 0.141. The number of rotatable bonds is 3. The van der Waals surface area contributed by atoms with Crippen LogP contribution in [0.4, 0.5) is 14.7 Å². The molecule has 0 aliphatic heterocycles. The van der Waals surface area contributed by atoms with E-state index in [-0.39, 0.29) is 35.9 Å². The van der Waals surface area contributed by atoms with Crippen LogP contribution < -0.4 is 11.1 Å². The third-order valence-corrected chi connectivity index (χ3v) is 2.67. The minimum absolute atomic E-state index is 0.0172. The Morgan fingerprint density at radius 2 is 2.22 bits per heavy atom. The van der Waals surface area contributed by atoms with Gasteiger partial charge in [0, 0.05) is 20.0 Å². The summed E-state index contributed by atoms with van der Waals surface area (Å²) in [6, 6.07) is 2.34. The Kier molecular flexibility index (Phi) is 3.14. The molecule has 0 spiro atoms. The average molecular weight is 254 g/mol. The number of nitrogens with zero attached hydrogens (tertiary/aromatic N) is 2. The summed E-state index contributed by atoms with van der Waals surface area (Å²) in [5.74, 6) is -2.14. The summed E-state index contributed by atoms with van der Waals surface area (Å²) in [5.41, 5.74) is 5.88. The molecule has 0 aliphatic rings. The zero-order valence-corrected chi connectivity index (χ0v) is 9.70. The third kappa shape index (κ3) is 1.99. The number of nitrogens with one attached hydrogen (secondary N) is 1. The molecule has 1 aromatic carbocycles. The van der Waals surface area contributed by atoms with E-state index in [1.165, 1.54) is 17.7 Å². The van der Waals surface area contributed by atoms with Crippen LogP contribution in [0.15, 0.2) is 12.1 Å². The lowest BCUT2D eigenvalue weighted by Crippen LogP contribution is -2.20. The number of carbonyl (C=O) groups is 1. The highest BCUT2D eigenvalue weighted by atomic mass is 19.2. The van der Waals surface area contributed by atoms with Crippen molar-refractivity contribution in [2.75, 3.05) is 12.8 Å². The fourth-order valence-corrected chi connectivity index (χ4v) is 1.74. The summed E-state index contributed by atoms with van der Waals surface area (Å²) < 4.78 is 28.1. The molecule has 0 radical (unpaired) electrons. The number of hydrogen-bond donors (Lipinski definition) is 2. The van der Waals surface area contributed by atoms with Gasteiger partial charge in [-0.25, -0.2) is 13.8 Å². The molecule has 0 saturated carbocycles. The van der Waals surface area contributed by atoms with Crippen LogP contribution >= 0.6 is 0 Å². The van der Waals surface area contributed by atoms with Crippen LogP contribution in [0.5, 0.6) is 0 Å². The van der Waals surface area contributed by atoms with Crippen molar-refractivity contribution in [3.63, 3.8) is 0 Å². The Morgan fingerprint density at radius 1 is 1.50 bits per heavy atom. The lowest BCUT2D eigenvalue weighted by atomic mass is 10.3. The molecular formula is C11H12F2N4O. The van der Waals surface area contributed by atoms with Crippen molar-refractivity contribution >= 4 is 22.9 Å². The molecule has 1 aromatic heterocycles. The first-order chi connectivity index (χ1) is 8.54. The number of halogens is 2. The van der Waals surface area contributed by atoms with E-state index < -0.39 is 11.6 Å². The van der Waals surface area contributed by atoms with E-state index in [9.17, 15) is 13.6 Å². The van der Waals surface area contributed by atoms with Gasteiger partial charge >= 0.3 is 0 Å². The van der Waals surface area contributed by atoms with Crippen molar-refractivity contribution < 1.29 is 13.6 Å². The van der Waals surface area contributed by atoms with Crippen LogP contribution in [-0.2, 0) is 11.3 Å². The molecule has 96 valence electrons. The molecule has 0 atom stereocenters. The molecule has 7 heteroatoms. The van der Waals surface area contributed by atoms with Gasteiger partial charge in [-0.1, -0.05) is 0 Å². The SMILES string of the molecule is CNC(=O)CCn1c(N)nc2ccc(F)c(F)c21. The Bertz CT molecular complexity index is 609. The summed E-state index contributed by atoms with van der Waals surface area (Å²) in [7, 11) is 1.50. The van der Waals surface area contributed by atoms with E-state index in [2.05, 4.69) is 10.3 Å². The molecule has 5 nitrogen and oxygen atoms in total. The molecule has 2 rings (SSSR count). The van der Waals surface area contributed by atoms with Crippen molar-refractivity contribution in [1.29, 1.82) is 0 Å². The summed E-state index contributed by atoms with van der Waals surface area (Å²) >= 11 is 0. The Morgan fingerprint density at radius 3 is 2.89 bits per heavy atom. The fourth-order valence-electron chi connectivity index (χ4n) is 1.74. The quantitative estimate of drug-likeness (QED) is 0.859. The maximum Gasteiger partial charge on any atom is 0.221 e. The second-order valence-electron chi connectivity index (χ2n) is 3.77. The minimum Gasteiger partial charge on any atom is -0.369 e. The number of hydrogen-bond acceptors (Lipinski definition) is 3. The first-order valence-corrected chi connectivity index (χ1v) is 5.35. The zero-order chi connectivity index (χ0) is 13.3. The highest BCUT2D eigenvalue weighted by molar-refractivity contribution is 5.80. The molecule has 0 unspecified atom stereocenters. The highest BCUT2D eigenvalue weighted by Gasteiger charge is 2.16. The van der Waals surface area contributed by atoms with Gasteiger partial charge in [-0.3, -0.25) is 4.79 Å². The predicted octanol–water partition coefficient (Wildman–Crippen LogP) is 1.03. The first kappa shape index (κ1) is 12.3. The van der Waals surface area contributed by atoms with Gasteiger partial charge in [0.1, 0.15) is 5.52 Å². The van der Waals surface area contributed by atoms with E-state index in [0.717, 1.165) is 6.07 Å². The van der Waals surface area contributed by atoms with Crippen LogP contribution in [0.3, 0.4) is 0 Å². The van der Waals surface area contributed by atoms with E-state index >= 15 is 0 Å².